The van der Waals surface area contributed by atoms with E-state index in [9.17, 15) is 29.4 Å². The van der Waals surface area contributed by atoms with Crippen molar-refractivity contribution in [1.82, 2.24) is 5.32 Å². The maximum Gasteiger partial charge on any atom is 0.680 e. The number of nitrogens with one attached hydrogen (secondary N) is 1. The molecular weight excluding hydrogens is 951 g/mol. The lowest BCUT2D eigenvalue weighted by Crippen LogP contribution is -2.82. The van der Waals surface area contributed by atoms with Gasteiger partial charge in [0, 0.05) is 57.5 Å². The van der Waals surface area contributed by atoms with Gasteiger partial charge in [-0.15, -0.1) is 0 Å². The average Bonchev–Trinajstić information content (AvgIpc) is 3.34. The van der Waals surface area contributed by atoms with E-state index in [1.807, 2.05) is 0 Å². The van der Waals surface area contributed by atoms with Crippen LogP contribution < -0.4 is 5.32 Å². The number of esters is 4. The van der Waals surface area contributed by atoms with Gasteiger partial charge in [0.25, 0.3) is 5.91 Å². The minimum Gasteiger partial charge on any atom is -0.456 e. The normalized spacial score (nSPS) is 29.3. The van der Waals surface area contributed by atoms with E-state index in [0.717, 1.165) is 13.8 Å². The molecule has 0 aromatic heterocycles. The highest BCUT2D eigenvalue weighted by molar-refractivity contribution is 6.53. The van der Waals surface area contributed by atoms with Crippen LogP contribution in [0.4, 0.5) is 0 Å². The number of carbonyl (C=O) groups is 6. The van der Waals surface area contributed by atoms with E-state index in [4.69, 9.17) is 41.4 Å². The van der Waals surface area contributed by atoms with Crippen molar-refractivity contribution in [3.05, 3.63) is 119 Å². The highest BCUT2D eigenvalue weighted by Gasteiger charge is 2.78. The van der Waals surface area contributed by atoms with Crippen LogP contribution in [0.15, 0.2) is 102 Å². The van der Waals surface area contributed by atoms with Crippen molar-refractivity contribution in [2.24, 2.45) is 16.7 Å². The van der Waals surface area contributed by atoms with Gasteiger partial charge in [-0.1, -0.05) is 80.6 Å². The van der Waals surface area contributed by atoms with Gasteiger partial charge in [0.15, 0.2) is 23.6 Å². The first-order chi connectivity index (χ1) is 34.1. The van der Waals surface area contributed by atoms with Gasteiger partial charge in [0.2, 0.25) is 0 Å². The molecule has 3 aromatic carbocycles. The molecule has 2 bridgehead atoms. The van der Waals surface area contributed by atoms with E-state index in [1.165, 1.54) is 19.1 Å². The predicted octanol–water partition coefficient (Wildman–Crippen LogP) is 5.31. The molecule has 3 fully saturated rings. The number of Topliss-reactive ketones (excluding diaryl/α,β-unsaturated/α-hetero) is 1. The van der Waals surface area contributed by atoms with Crippen LogP contribution in [-0.4, -0.2) is 129 Å². The number of ether oxygens (including phenoxy) is 5. The average molecular weight is 1020 g/mol. The first-order valence-corrected chi connectivity index (χ1v) is 25.9. The Morgan fingerprint density at radius 2 is 1.35 bits per heavy atom. The summed E-state index contributed by atoms with van der Waals surface area (Å²) in [5, 5.41) is 29.3. The van der Waals surface area contributed by atoms with Gasteiger partial charge in [-0.25, -0.2) is 9.59 Å². The Hall–Kier alpha value is -5.64. The molecule has 3 aliphatic carbocycles. The third-order valence-electron chi connectivity index (χ3n) is 14.7. The summed E-state index contributed by atoms with van der Waals surface area (Å²) in [5.41, 5.74) is -7.15. The number of aliphatic hydroxyl groups excluding tert-OH is 1. The molecule has 1 aliphatic heterocycles. The smallest absolute Gasteiger partial charge is 0.456 e. The van der Waals surface area contributed by atoms with Crippen LogP contribution in [0.2, 0.25) is 0 Å². The Bertz CT molecular complexity index is 2510. The van der Waals surface area contributed by atoms with E-state index in [1.54, 1.807) is 120 Å². The lowest BCUT2D eigenvalue weighted by Gasteiger charge is -2.67. The van der Waals surface area contributed by atoms with Gasteiger partial charge in [-0.05, 0) is 75.6 Å². The first-order valence-electron chi connectivity index (χ1n) is 24.3. The fraction of sp³-hybridized carbons (Fsp3) is 0.509. The summed E-state index contributed by atoms with van der Waals surface area (Å²) < 4.78 is 56.1. The monoisotopic (exact) mass is 1020 g/mol. The zero-order valence-electron chi connectivity index (χ0n) is 42.0. The Balaban J connectivity index is 1.45. The predicted molar refractivity (Wildman–Crippen MR) is 257 cm³/mol. The summed E-state index contributed by atoms with van der Waals surface area (Å²) in [5.74, 6) is -6.78. The summed E-state index contributed by atoms with van der Waals surface area (Å²) >= 11 is 0. The van der Waals surface area contributed by atoms with Crippen molar-refractivity contribution in [1.29, 1.82) is 0 Å². The molecule has 0 spiro atoms. The fourth-order valence-corrected chi connectivity index (χ4v) is 13.3. The molecule has 3 N–H and O–H groups in total. The second kappa shape index (κ2) is 21.4. The van der Waals surface area contributed by atoms with Crippen molar-refractivity contribution >= 4 is 44.6 Å². The Labute approximate surface area is 420 Å². The molecule has 2 saturated carbocycles. The van der Waals surface area contributed by atoms with Gasteiger partial charge < -0.3 is 56.9 Å². The molecule has 0 unspecified atom stereocenters. The molecule has 11 atom stereocenters. The fourth-order valence-electron chi connectivity index (χ4n) is 11.2. The number of hydrogen-bond donors (Lipinski definition) is 3. The van der Waals surface area contributed by atoms with Crippen LogP contribution in [0.5, 0.6) is 0 Å². The Kier molecular flexibility index (Phi) is 16.1. The molecule has 1 saturated heterocycles. The SMILES string of the molecule is CCO[Si](OCC)(OCC)O[C@@H](C(=O)O[C@H]1C[C@@]2(O)[C@@H](OC(=O)c3ccccc3)[C@@H]3[C@]4(OC(C)=O)CO[C@@H]4C[C@H](O)[C@@]3(C)C(=O)[C@H](OC(C)=O)C(=C1C)C2(C)C)[C@@H](NC(=O)c1ccccc1)c1ccccc1. The summed E-state index contributed by atoms with van der Waals surface area (Å²) in [6.45, 7) is 13.2. The van der Waals surface area contributed by atoms with Crippen LogP contribution in [0.1, 0.15) is 107 Å². The standard InChI is InChI=1S/C53H65NO17Si/c1-10-64-72(65-11-2,66-12-3)71-43(41(34-22-16-13-17-23-34)54-47(59)35-24-18-14-19-25-35)49(61)68-37-29-53(62)46(69-48(60)36-26-20-15-21-27-36)44-51(9,38(57)28-39-52(44,30-63-39)70-33(6)56)45(58)42(67-32(5)55)40(31(37)4)50(53,7)8/h13-27,37-39,41-44,46,57,62H,10-12,28-30H2,1-9H3,(H,54,59)/t37-,38-,39+,41-,42+,43+,44-,46-,51+,52-,53+/m0/s1. The van der Waals surface area contributed by atoms with E-state index in [2.05, 4.69) is 5.32 Å². The molecule has 3 aromatic rings. The minimum atomic E-state index is -4.32. The zero-order chi connectivity index (χ0) is 52.4. The second-order valence-corrected chi connectivity index (χ2v) is 21.3. The number of amides is 1. The molecule has 4 aliphatic rings. The van der Waals surface area contributed by atoms with Crippen LogP contribution in [0.3, 0.4) is 0 Å². The van der Waals surface area contributed by atoms with Crippen molar-refractivity contribution < 1.29 is 80.4 Å². The summed E-state index contributed by atoms with van der Waals surface area (Å²) in [6, 6.07) is 23.4. The van der Waals surface area contributed by atoms with Gasteiger partial charge in [-0.3, -0.25) is 19.2 Å². The number of rotatable bonds is 18. The van der Waals surface area contributed by atoms with Crippen molar-refractivity contribution in [2.75, 3.05) is 26.4 Å². The van der Waals surface area contributed by atoms with Crippen LogP contribution in [-0.2, 0) is 60.6 Å². The number of carbonyl (C=O) groups excluding carboxylic acids is 6. The summed E-state index contributed by atoms with van der Waals surface area (Å²) in [4.78, 5) is 86.5. The topological polar surface area (TPSA) is 238 Å². The highest BCUT2D eigenvalue weighted by Crippen LogP contribution is 2.64. The van der Waals surface area contributed by atoms with Crippen molar-refractivity contribution in [3.8, 4) is 0 Å². The maximum atomic E-state index is 15.8. The number of fused-ring (bicyclic) bond motifs is 5. The Morgan fingerprint density at radius 3 is 1.86 bits per heavy atom. The third kappa shape index (κ3) is 9.80. The number of benzene rings is 3. The zero-order valence-corrected chi connectivity index (χ0v) is 43.0. The van der Waals surface area contributed by atoms with Gasteiger partial charge in [0.1, 0.15) is 23.9 Å². The van der Waals surface area contributed by atoms with Crippen LogP contribution in [0.25, 0.3) is 0 Å². The highest BCUT2D eigenvalue weighted by atomic mass is 28.4. The van der Waals surface area contributed by atoms with Crippen molar-refractivity contribution in [2.45, 2.75) is 129 Å². The van der Waals surface area contributed by atoms with E-state index < -0.39 is 122 Å². The molecule has 19 heteroatoms. The van der Waals surface area contributed by atoms with Gasteiger partial charge >= 0.3 is 32.9 Å². The van der Waals surface area contributed by atoms with Crippen LogP contribution in [0, 0.1) is 16.7 Å². The van der Waals surface area contributed by atoms with E-state index in [-0.39, 0.29) is 55.1 Å². The van der Waals surface area contributed by atoms with Crippen molar-refractivity contribution in [3.63, 3.8) is 0 Å². The van der Waals surface area contributed by atoms with Gasteiger partial charge in [0.05, 0.1) is 35.6 Å². The lowest BCUT2D eigenvalue weighted by molar-refractivity contribution is -0.346. The molecule has 1 amide bonds. The first kappa shape index (κ1) is 54.1. The molecule has 72 heavy (non-hydrogen) atoms. The number of hydrogen-bond acceptors (Lipinski definition) is 17. The molecule has 0 radical (unpaired) electrons. The maximum absolute atomic E-state index is 15.8. The molecule has 1 heterocycles. The lowest BCUT2D eigenvalue weighted by atomic mass is 9.44. The largest absolute Gasteiger partial charge is 0.680 e. The summed E-state index contributed by atoms with van der Waals surface area (Å²) in [6.07, 6.45) is -10.5. The summed E-state index contributed by atoms with van der Waals surface area (Å²) in [7, 11) is -4.32. The second-order valence-electron chi connectivity index (χ2n) is 19.2. The minimum absolute atomic E-state index is 0.00784. The Morgan fingerprint density at radius 1 is 0.792 bits per heavy atom. The van der Waals surface area contributed by atoms with Gasteiger partial charge in [-0.2, -0.15) is 0 Å². The van der Waals surface area contributed by atoms with E-state index in [0.29, 0.717) is 5.56 Å². The molecule has 7 rings (SSSR count). The quantitative estimate of drug-likeness (QED) is 0.0634. The third-order valence-corrected chi connectivity index (χ3v) is 17.2. The number of aliphatic hydroxyl groups is 2. The molecule has 388 valence electrons. The molecular formula is C53H65NO17Si. The molecule has 18 nitrogen and oxygen atoms in total. The number of ketones is 1. The van der Waals surface area contributed by atoms with Crippen LogP contribution >= 0.6 is 0 Å². The van der Waals surface area contributed by atoms with E-state index >= 15 is 9.59 Å².